The summed E-state index contributed by atoms with van der Waals surface area (Å²) in [5, 5.41) is 3.21. The second kappa shape index (κ2) is 7.88. The lowest BCUT2D eigenvalue weighted by atomic mass is 10.0. The summed E-state index contributed by atoms with van der Waals surface area (Å²) < 4.78 is 11.4. The number of carbonyl (C=O) groups excluding carboxylic acids is 1. The van der Waals surface area contributed by atoms with Crippen LogP contribution < -0.4 is 15.6 Å². The van der Waals surface area contributed by atoms with Crippen LogP contribution in [-0.4, -0.2) is 41.2 Å². The van der Waals surface area contributed by atoms with Crippen molar-refractivity contribution in [2.75, 3.05) is 13.2 Å². The highest BCUT2D eigenvalue weighted by atomic mass is 35.5. The number of hydrogen-bond donors (Lipinski definition) is 2. The highest BCUT2D eigenvalue weighted by Crippen LogP contribution is 2.20. The lowest BCUT2D eigenvalue weighted by Gasteiger charge is -2.32. The van der Waals surface area contributed by atoms with Crippen molar-refractivity contribution in [3.63, 3.8) is 0 Å². The van der Waals surface area contributed by atoms with E-state index in [1.54, 1.807) is 32.2 Å². The summed E-state index contributed by atoms with van der Waals surface area (Å²) in [5.41, 5.74) is 0.510. The van der Waals surface area contributed by atoms with Crippen LogP contribution in [0.1, 0.15) is 28.0 Å². The molecule has 2 N–H and O–H groups in total. The number of ether oxygens (including phenoxy) is 2. The standard InChI is InChI=1S/C18H20ClN3O4/c1-10-15(17(23)21-11(2)16(10)19)18(24)22-12-9-25-8-6-13(12)26-14-5-3-4-7-20-14/h3-5,7,12-13H,6,8-9H2,1-2H3,(H,21,23)(H,22,24)/t12-,13-/m1/s1. The Bertz CT molecular complexity index is 854. The number of halogens is 1. The molecule has 26 heavy (non-hydrogen) atoms. The molecular formula is C18H20ClN3O4. The molecule has 0 aromatic carbocycles. The molecule has 2 aromatic heterocycles. The normalized spacial score (nSPS) is 19.8. The summed E-state index contributed by atoms with van der Waals surface area (Å²) in [6.07, 6.45) is 1.94. The number of hydrogen-bond acceptors (Lipinski definition) is 5. The molecule has 0 unspecified atom stereocenters. The molecule has 0 spiro atoms. The summed E-state index contributed by atoms with van der Waals surface area (Å²) >= 11 is 6.17. The second-order valence-electron chi connectivity index (χ2n) is 6.16. The Labute approximate surface area is 155 Å². The van der Waals surface area contributed by atoms with Crippen molar-refractivity contribution in [2.45, 2.75) is 32.4 Å². The largest absolute Gasteiger partial charge is 0.472 e. The van der Waals surface area contributed by atoms with Gasteiger partial charge < -0.3 is 19.8 Å². The van der Waals surface area contributed by atoms with Crippen molar-refractivity contribution in [3.05, 3.63) is 56.6 Å². The van der Waals surface area contributed by atoms with Crippen LogP contribution in [0.5, 0.6) is 5.88 Å². The monoisotopic (exact) mass is 377 g/mol. The fourth-order valence-electron chi connectivity index (χ4n) is 2.93. The number of pyridine rings is 2. The molecule has 8 heteroatoms. The Morgan fingerprint density at radius 1 is 1.42 bits per heavy atom. The van der Waals surface area contributed by atoms with Gasteiger partial charge in [-0.3, -0.25) is 9.59 Å². The predicted octanol–water partition coefficient (Wildman–Crippen LogP) is 2.01. The number of amides is 1. The van der Waals surface area contributed by atoms with Crippen molar-refractivity contribution < 1.29 is 14.3 Å². The van der Waals surface area contributed by atoms with Gasteiger partial charge in [0.2, 0.25) is 5.88 Å². The number of aryl methyl sites for hydroxylation is 1. The number of aromatic amines is 1. The molecule has 1 fully saturated rings. The van der Waals surface area contributed by atoms with Crippen LogP contribution in [0.3, 0.4) is 0 Å². The minimum atomic E-state index is -0.504. The number of nitrogens with one attached hydrogen (secondary N) is 2. The van der Waals surface area contributed by atoms with Crippen LogP contribution in [0.4, 0.5) is 0 Å². The maximum atomic E-state index is 12.7. The predicted molar refractivity (Wildman–Crippen MR) is 96.9 cm³/mol. The molecule has 0 saturated carbocycles. The maximum absolute atomic E-state index is 12.7. The topological polar surface area (TPSA) is 93.3 Å². The third kappa shape index (κ3) is 3.89. The average molecular weight is 378 g/mol. The molecule has 1 aliphatic heterocycles. The lowest BCUT2D eigenvalue weighted by Crippen LogP contribution is -2.52. The van der Waals surface area contributed by atoms with E-state index in [0.29, 0.717) is 41.8 Å². The first-order valence-corrected chi connectivity index (χ1v) is 8.70. The number of H-pyrrole nitrogens is 1. The number of nitrogens with zero attached hydrogens (tertiary/aromatic N) is 1. The molecular weight excluding hydrogens is 358 g/mol. The molecule has 1 aliphatic rings. The van der Waals surface area contributed by atoms with Gasteiger partial charge in [0.15, 0.2) is 0 Å². The van der Waals surface area contributed by atoms with Gasteiger partial charge in [0, 0.05) is 24.4 Å². The molecule has 0 radical (unpaired) electrons. The molecule has 7 nitrogen and oxygen atoms in total. The van der Waals surface area contributed by atoms with Crippen molar-refractivity contribution >= 4 is 17.5 Å². The first kappa shape index (κ1) is 18.4. The molecule has 3 heterocycles. The Hall–Kier alpha value is -2.38. The molecule has 1 amide bonds. The first-order chi connectivity index (χ1) is 12.5. The van der Waals surface area contributed by atoms with Gasteiger partial charge in [-0.25, -0.2) is 4.98 Å². The fourth-order valence-corrected chi connectivity index (χ4v) is 3.07. The van der Waals surface area contributed by atoms with Gasteiger partial charge in [-0.15, -0.1) is 0 Å². The van der Waals surface area contributed by atoms with E-state index < -0.39 is 17.5 Å². The fraction of sp³-hybridized carbons (Fsp3) is 0.389. The second-order valence-corrected chi connectivity index (χ2v) is 6.54. The van der Waals surface area contributed by atoms with Crippen LogP contribution in [0, 0.1) is 13.8 Å². The minimum Gasteiger partial charge on any atom is -0.472 e. The van der Waals surface area contributed by atoms with Crippen molar-refractivity contribution in [2.24, 2.45) is 0 Å². The van der Waals surface area contributed by atoms with Gasteiger partial charge in [-0.1, -0.05) is 17.7 Å². The Kier molecular flexibility index (Phi) is 5.58. The van der Waals surface area contributed by atoms with Gasteiger partial charge in [-0.2, -0.15) is 0 Å². The van der Waals surface area contributed by atoms with Crippen LogP contribution in [-0.2, 0) is 4.74 Å². The highest BCUT2D eigenvalue weighted by Gasteiger charge is 2.31. The SMILES string of the molecule is Cc1[nH]c(=O)c(C(=O)N[C@@H]2COCC[C@H]2Oc2ccccn2)c(C)c1Cl. The van der Waals surface area contributed by atoms with Crippen LogP contribution in [0.2, 0.25) is 5.02 Å². The van der Waals surface area contributed by atoms with E-state index in [2.05, 4.69) is 15.3 Å². The Balaban J connectivity index is 1.79. The van der Waals surface area contributed by atoms with Gasteiger partial charge in [-0.05, 0) is 25.5 Å². The van der Waals surface area contributed by atoms with Crippen LogP contribution in [0.15, 0.2) is 29.2 Å². The third-order valence-electron chi connectivity index (χ3n) is 4.31. The highest BCUT2D eigenvalue weighted by molar-refractivity contribution is 6.32. The number of carbonyl (C=O) groups is 1. The summed E-state index contributed by atoms with van der Waals surface area (Å²) in [5.74, 6) is -0.0261. The summed E-state index contributed by atoms with van der Waals surface area (Å²) in [6, 6.07) is 4.97. The summed E-state index contributed by atoms with van der Waals surface area (Å²) in [4.78, 5) is 31.7. The van der Waals surface area contributed by atoms with Gasteiger partial charge in [0.1, 0.15) is 11.7 Å². The van der Waals surface area contributed by atoms with Crippen molar-refractivity contribution in [1.82, 2.24) is 15.3 Å². The van der Waals surface area contributed by atoms with Crippen molar-refractivity contribution in [1.29, 1.82) is 0 Å². The lowest BCUT2D eigenvalue weighted by molar-refractivity contribution is -0.00451. The van der Waals surface area contributed by atoms with Crippen LogP contribution in [0.25, 0.3) is 0 Å². The first-order valence-electron chi connectivity index (χ1n) is 8.32. The van der Waals surface area contributed by atoms with Crippen molar-refractivity contribution in [3.8, 4) is 5.88 Å². The third-order valence-corrected chi connectivity index (χ3v) is 4.87. The van der Waals surface area contributed by atoms with E-state index >= 15 is 0 Å². The number of rotatable bonds is 4. The van der Waals surface area contributed by atoms with E-state index in [1.807, 2.05) is 6.07 Å². The van der Waals surface area contributed by atoms with E-state index in [-0.39, 0.29) is 11.7 Å². The van der Waals surface area contributed by atoms with E-state index in [0.717, 1.165) is 0 Å². The molecule has 138 valence electrons. The average Bonchev–Trinajstić information content (AvgIpc) is 2.62. The smallest absolute Gasteiger partial charge is 0.261 e. The van der Waals surface area contributed by atoms with Gasteiger partial charge >= 0.3 is 0 Å². The zero-order valence-electron chi connectivity index (χ0n) is 14.5. The van der Waals surface area contributed by atoms with E-state index in [9.17, 15) is 9.59 Å². The zero-order valence-corrected chi connectivity index (χ0v) is 15.3. The molecule has 3 rings (SSSR count). The zero-order chi connectivity index (χ0) is 18.7. The molecule has 0 aliphatic carbocycles. The van der Waals surface area contributed by atoms with Crippen LogP contribution >= 0.6 is 11.6 Å². The molecule has 1 saturated heterocycles. The van der Waals surface area contributed by atoms with Gasteiger partial charge in [0.05, 0.1) is 24.3 Å². The summed E-state index contributed by atoms with van der Waals surface area (Å²) in [6.45, 7) is 4.16. The van der Waals surface area contributed by atoms with E-state index in [1.165, 1.54) is 0 Å². The van der Waals surface area contributed by atoms with Gasteiger partial charge in [0.25, 0.3) is 11.5 Å². The maximum Gasteiger partial charge on any atom is 0.261 e. The van der Waals surface area contributed by atoms with E-state index in [4.69, 9.17) is 21.1 Å². The number of aromatic nitrogens is 2. The summed E-state index contributed by atoms with van der Waals surface area (Å²) in [7, 11) is 0. The molecule has 2 aromatic rings. The Morgan fingerprint density at radius 3 is 2.96 bits per heavy atom. The quantitative estimate of drug-likeness (QED) is 0.850. The molecule has 2 atom stereocenters. The Morgan fingerprint density at radius 2 is 2.23 bits per heavy atom. The molecule has 0 bridgehead atoms. The minimum absolute atomic E-state index is 0.00256.